The summed E-state index contributed by atoms with van der Waals surface area (Å²) in [7, 11) is -3.05. The number of halogens is 4. The molecule has 0 spiro atoms. The van der Waals surface area contributed by atoms with Crippen LogP contribution in [0.15, 0.2) is 36.4 Å². The summed E-state index contributed by atoms with van der Waals surface area (Å²) >= 11 is 27.5. The molecule has 0 aromatic heterocycles. The first-order valence-electron chi connectivity index (χ1n) is 20.6. The molecule has 4 atom stereocenters. The zero-order chi connectivity index (χ0) is 46.8. The highest BCUT2D eigenvalue weighted by atomic mass is 35.5. The molecule has 0 saturated carbocycles. The Bertz CT molecular complexity index is 2680. The number of anilines is 1. The van der Waals surface area contributed by atoms with Crippen LogP contribution < -0.4 is 24.8 Å². The number of benzene rings is 3. The van der Waals surface area contributed by atoms with Crippen molar-refractivity contribution in [1.82, 2.24) is 8.88 Å². The van der Waals surface area contributed by atoms with Gasteiger partial charge in [0.05, 0.1) is 67.9 Å². The Morgan fingerprint density at radius 1 is 0.873 bits per heavy atom. The number of carbonyl (C=O) groups is 1. The van der Waals surface area contributed by atoms with E-state index in [-0.39, 0.29) is 43.4 Å². The van der Waals surface area contributed by atoms with Crippen molar-refractivity contribution in [2.75, 3.05) is 50.5 Å². The summed E-state index contributed by atoms with van der Waals surface area (Å²) in [6, 6.07) is 7.57. The van der Waals surface area contributed by atoms with Gasteiger partial charge in [-0.15, -0.1) is 0 Å². The van der Waals surface area contributed by atoms with Gasteiger partial charge < -0.3 is 39.9 Å². The van der Waals surface area contributed by atoms with Crippen LogP contribution >= 0.6 is 46.4 Å². The minimum atomic E-state index is -4.27. The molecule has 0 saturated heterocycles. The van der Waals surface area contributed by atoms with Gasteiger partial charge in [-0.1, -0.05) is 52.5 Å². The van der Waals surface area contributed by atoms with E-state index >= 15 is 0 Å². The van der Waals surface area contributed by atoms with Gasteiger partial charge in [0.2, 0.25) is 15.4 Å². The smallest absolute Gasteiger partial charge is 0.340 e. The molecule has 5 N–H and O–H groups in total. The number of esters is 1. The van der Waals surface area contributed by atoms with Gasteiger partial charge in [-0.05, 0) is 70.9 Å². The summed E-state index contributed by atoms with van der Waals surface area (Å²) in [5, 5.41) is 51.0. The molecule has 4 unspecified atom stereocenters. The molecule has 13 nitrogen and oxygen atoms in total. The SMILES string of the molecule is CCOC(=O)c1c(Cl)c(Cl)c(Cl)c(Cl)c1C1=c2cc3c(cc2Oc2cc4c(cc21)C(C)=CC(C)(C)N4CC)=[N+](CC)C(C)(C)C=C3CS(=O)(=O)N(C)CC(O)C(O)C(O)C(O)CO. The van der Waals surface area contributed by atoms with Gasteiger partial charge in [0.1, 0.15) is 36.4 Å². The van der Waals surface area contributed by atoms with E-state index in [4.69, 9.17) is 55.9 Å². The summed E-state index contributed by atoms with van der Waals surface area (Å²) in [6.07, 6.45) is -3.47. The molecule has 3 aliphatic heterocycles. The molecule has 18 heteroatoms. The van der Waals surface area contributed by atoms with Crippen LogP contribution in [-0.2, 0) is 14.8 Å². The summed E-state index contributed by atoms with van der Waals surface area (Å²) in [6.45, 7) is 15.6. The monoisotopic (exact) mass is 968 g/mol. The number of ether oxygens (including phenoxy) is 2. The molecular formula is C45H54Cl4N3O10S+. The van der Waals surface area contributed by atoms with Crippen molar-refractivity contribution < 1.29 is 48.2 Å². The van der Waals surface area contributed by atoms with Crippen LogP contribution in [0.1, 0.15) is 88.0 Å². The molecule has 3 aliphatic rings. The van der Waals surface area contributed by atoms with Gasteiger partial charge in [0.25, 0.3) is 0 Å². The van der Waals surface area contributed by atoms with E-state index < -0.39 is 64.9 Å². The number of fused-ring (bicyclic) bond motifs is 4. The molecule has 3 aromatic carbocycles. The molecule has 0 fully saturated rings. The zero-order valence-electron chi connectivity index (χ0n) is 36.6. The van der Waals surface area contributed by atoms with Crippen molar-refractivity contribution in [3.63, 3.8) is 0 Å². The number of sulfonamides is 1. The first-order chi connectivity index (χ1) is 29.4. The molecule has 342 valence electrons. The second-order valence-corrected chi connectivity index (χ2v) is 20.7. The molecule has 0 aliphatic carbocycles. The van der Waals surface area contributed by atoms with Gasteiger partial charge in [0, 0.05) is 73.2 Å². The van der Waals surface area contributed by atoms with Crippen LogP contribution in [-0.4, -0.2) is 125 Å². The number of hydrogen-bond donors (Lipinski definition) is 5. The maximum Gasteiger partial charge on any atom is 0.340 e. The molecule has 6 rings (SSSR count). The molecule has 0 radical (unpaired) electrons. The van der Waals surface area contributed by atoms with Gasteiger partial charge >= 0.3 is 5.97 Å². The number of nitrogens with zero attached hydrogens (tertiary/aromatic N) is 3. The number of likely N-dealkylation sites (N-methyl/N-ethyl adjacent to an activating group) is 3. The first-order valence-corrected chi connectivity index (χ1v) is 23.7. The van der Waals surface area contributed by atoms with E-state index in [0.29, 0.717) is 57.4 Å². The number of allylic oxidation sites excluding steroid dienone is 1. The van der Waals surface area contributed by atoms with Gasteiger partial charge in [0.15, 0.2) is 5.54 Å². The fourth-order valence-corrected chi connectivity index (χ4v) is 11.3. The number of aliphatic hydroxyl groups is 5. The minimum Gasteiger partial charge on any atom is -0.462 e. The molecule has 0 amide bonds. The van der Waals surface area contributed by atoms with Crippen molar-refractivity contribution in [3.05, 3.63) is 94.9 Å². The summed E-state index contributed by atoms with van der Waals surface area (Å²) < 4.78 is 43.8. The lowest BCUT2D eigenvalue weighted by Crippen LogP contribution is -2.51. The van der Waals surface area contributed by atoms with E-state index in [1.165, 1.54) is 7.05 Å². The fraction of sp³-hybridized carbons (Fsp3) is 0.467. The average Bonchev–Trinajstić information content (AvgIpc) is 3.21. The van der Waals surface area contributed by atoms with Crippen molar-refractivity contribution >= 4 is 84.8 Å². The van der Waals surface area contributed by atoms with Crippen LogP contribution in [0.4, 0.5) is 5.69 Å². The van der Waals surface area contributed by atoms with Crippen LogP contribution in [0.3, 0.4) is 0 Å². The highest BCUT2D eigenvalue weighted by Crippen LogP contribution is 2.51. The number of aliphatic hydroxyl groups excluding tert-OH is 5. The zero-order valence-corrected chi connectivity index (χ0v) is 40.4. The average molecular weight is 971 g/mol. The van der Waals surface area contributed by atoms with Crippen LogP contribution in [0.25, 0.3) is 16.7 Å². The molecule has 63 heavy (non-hydrogen) atoms. The molecule has 0 bridgehead atoms. The minimum absolute atomic E-state index is 0.00657. The predicted molar refractivity (Wildman–Crippen MR) is 248 cm³/mol. The normalized spacial score (nSPS) is 18.3. The second-order valence-electron chi connectivity index (χ2n) is 17.1. The summed E-state index contributed by atoms with van der Waals surface area (Å²) in [4.78, 5) is 16.3. The van der Waals surface area contributed by atoms with Crippen LogP contribution in [0.5, 0.6) is 11.5 Å². The highest BCUT2D eigenvalue weighted by molar-refractivity contribution is 7.89. The molecule has 3 heterocycles. The van der Waals surface area contributed by atoms with Gasteiger partial charge in [-0.25, -0.2) is 22.1 Å². The maximum absolute atomic E-state index is 14.2. The Balaban J connectivity index is 1.68. The number of hydrogen-bond acceptors (Lipinski definition) is 11. The Kier molecular flexibility index (Phi) is 14.2. The second kappa shape index (κ2) is 18.2. The molecule has 3 aromatic rings. The Morgan fingerprint density at radius 2 is 1.51 bits per heavy atom. The molecular weight excluding hydrogens is 916 g/mol. The topological polar surface area (TPSA) is 180 Å². The van der Waals surface area contributed by atoms with Crippen molar-refractivity contribution in [1.29, 1.82) is 0 Å². The lowest BCUT2D eigenvalue weighted by atomic mass is 9.83. The summed E-state index contributed by atoms with van der Waals surface area (Å²) in [5.41, 5.74) is 3.61. The number of carbonyl (C=O) groups excluding carboxylic acids is 1. The fourth-order valence-electron chi connectivity index (χ4n) is 9.03. The van der Waals surface area contributed by atoms with Crippen molar-refractivity contribution in [2.45, 2.75) is 90.9 Å². The van der Waals surface area contributed by atoms with Crippen molar-refractivity contribution in [3.8, 4) is 11.5 Å². The number of rotatable bonds is 14. The van der Waals surface area contributed by atoms with E-state index in [1.807, 2.05) is 52.0 Å². The first kappa shape index (κ1) is 49.2. The van der Waals surface area contributed by atoms with E-state index in [1.54, 1.807) is 13.0 Å². The lowest BCUT2D eigenvalue weighted by Gasteiger charge is -2.43. The third-order valence-corrected chi connectivity index (χ3v) is 15.6. The third kappa shape index (κ3) is 8.79. The Labute approximate surface area is 387 Å². The van der Waals surface area contributed by atoms with Crippen molar-refractivity contribution in [2.24, 2.45) is 0 Å². The largest absolute Gasteiger partial charge is 0.462 e. The van der Waals surface area contributed by atoms with Crippen LogP contribution in [0.2, 0.25) is 20.1 Å². The summed E-state index contributed by atoms with van der Waals surface area (Å²) in [5.74, 6) is -0.554. The van der Waals surface area contributed by atoms with Gasteiger partial charge in [-0.2, -0.15) is 0 Å². The predicted octanol–water partition coefficient (Wildman–Crippen LogP) is 5.24. The van der Waals surface area contributed by atoms with E-state index in [2.05, 4.69) is 36.3 Å². The quantitative estimate of drug-likeness (QED) is 0.0484. The highest BCUT2D eigenvalue weighted by Gasteiger charge is 2.40. The maximum atomic E-state index is 14.2. The van der Waals surface area contributed by atoms with E-state index in [9.17, 15) is 38.7 Å². The Morgan fingerprint density at radius 3 is 2.11 bits per heavy atom. The lowest BCUT2D eigenvalue weighted by molar-refractivity contribution is -0.116. The standard InChI is InChI=1S/C45H54Cl4N3O10S/c1-10-51-28-15-32-26(13-24(28)22(4)17-44(51,5)6)34(35-36(43(58)61-12-3)38(47)40(49)39(48)37(35)46)27-14-25-23(18-45(7,8)52(11-2)29(25)16-33(27)62-32)21-63(59,60)50(9)19-30(54)41(56)42(57)31(55)20-53/h13-18,30-31,41-42,53-57H,10-12,19-21H2,1-9H3/q+1. The van der Waals surface area contributed by atoms with Gasteiger partial charge in [-0.3, -0.25) is 0 Å². The Hall–Kier alpha value is -3.25. The van der Waals surface area contributed by atoms with Crippen LogP contribution in [0, 0.1) is 0 Å². The van der Waals surface area contributed by atoms with E-state index in [0.717, 1.165) is 21.1 Å². The third-order valence-electron chi connectivity index (χ3n) is 12.0.